The standard InChI is InChI=1S/B5I2/c1-4-7(6)5(2)3. The molecule has 0 amide bonds. The molecule has 0 aliphatic carbocycles. The maximum absolute atomic E-state index is 5.28. The second-order valence-electron chi connectivity index (χ2n) is 0.861. The van der Waals surface area contributed by atoms with Crippen LogP contribution < -0.4 is 0 Å². The van der Waals surface area contributed by atoms with Gasteiger partial charge in [0, 0.05) is 0 Å². The van der Waals surface area contributed by atoms with Gasteiger partial charge in [0.2, 0.25) is 0 Å². The number of hydrogen-bond donors (Lipinski definition) is 0. The first-order valence-electron chi connectivity index (χ1n) is 1.58. The van der Waals surface area contributed by atoms with E-state index >= 15 is 0 Å². The maximum atomic E-state index is 5.28. The van der Waals surface area contributed by atoms with Crippen molar-refractivity contribution >= 4 is 66.6 Å². The molecular formula is B5I2. The van der Waals surface area contributed by atoms with Crippen molar-refractivity contribution in [1.82, 2.24) is 0 Å². The first-order valence-corrected chi connectivity index (χ1v) is 10.4. The summed E-state index contributed by atoms with van der Waals surface area (Å²) in [6.45, 7) is 0. The third-order valence-corrected chi connectivity index (χ3v) is 7.89. The minimum absolute atomic E-state index is 0.171. The van der Waals surface area contributed by atoms with Gasteiger partial charge in [-0.2, -0.15) is 0 Å². The van der Waals surface area contributed by atoms with Gasteiger partial charge in [-0.05, 0) is 0 Å². The van der Waals surface area contributed by atoms with Gasteiger partial charge in [-0.1, -0.05) is 0 Å². The van der Waals surface area contributed by atoms with Crippen LogP contribution in [0.3, 0.4) is 0 Å². The zero-order valence-electron chi connectivity index (χ0n) is 3.64. The van der Waals surface area contributed by atoms with Gasteiger partial charge in [0.1, 0.15) is 0 Å². The molecule has 0 saturated heterocycles. The van der Waals surface area contributed by atoms with Crippen LogP contribution in [0.4, 0.5) is 0 Å². The first kappa shape index (κ1) is 8.78. The normalized spacial score (nSPS) is 10.1. The second kappa shape index (κ2) is 4.64. The molecule has 0 nitrogen and oxygen atoms in total. The molecular weight excluding hydrogens is 308 g/mol. The van der Waals surface area contributed by atoms with Crippen LogP contribution in [0.2, 0.25) is 0 Å². The molecule has 0 aromatic carbocycles. The summed E-state index contributed by atoms with van der Waals surface area (Å²) in [6, 6.07) is 0. The quantitative estimate of drug-likeness (QED) is 0.492. The SMILES string of the molecule is [B][B]I(I)B([B])[B]. The molecule has 0 saturated carbocycles. The Morgan fingerprint density at radius 1 is 1.57 bits per heavy atom. The Bertz CT molecular complexity index is 43.3. The average Bonchev–Trinajstić information content (AvgIpc) is 1.65. The third-order valence-electron chi connectivity index (χ3n) is 0.361. The predicted molar refractivity (Wildman–Crippen MR) is 56.8 cm³/mol. The zero-order chi connectivity index (χ0) is 5.86. The van der Waals surface area contributed by atoms with Gasteiger partial charge >= 0.3 is 66.6 Å². The molecule has 0 atom stereocenters. The predicted octanol–water partition coefficient (Wildman–Crippen LogP) is -0.133. The molecule has 0 rings (SSSR count). The number of hydrogen-bond acceptors (Lipinski definition) is 0. The van der Waals surface area contributed by atoms with Crippen molar-refractivity contribution in [1.29, 1.82) is 0 Å². The molecule has 7 heavy (non-hydrogen) atoms. The van der Waals surface area contributed by atoms with Crippen LogP contribution >= 0.6 is 34.0 Å². The van der Waals surface area contributed by atoms with E-state index in [-0.39, 0.29) is 4.35 Å². The van der Waals surface area contributed by atoms with Crippen LogP contribution in [0, 0.1) is 0 Å². The molecule has 0 unspecified atom stereocenters. The molecule has 0 N–H and O–H groups in total. The van der Waals surface area contributed by atoms with E-state index in [1.54, 1.807) is 5.03 Å². The monoisotopic (exact) mass is 309 g/mol. The summed E-state index contributed by atoms with van der Waals surface area (Å²) >= 11 is 0.997. The number of rotatable bonds is 2. The molecule has 7 heteroatoms. The van der Waals surface area contributed by atoms with Crippen molar-refractivity contribution in [3.63, 3.8) is 0 Å². The van der Waals surface area contributed by atoms with E-state index in [0.29, 0.717) is 0 Å². The van der Waals surface area contributed by atoms with Crippen LogP contribution in [0.15, 0.2) is 0 Å². The fourth-order valence-electron chi connectivity index (χ4n) is 0.0840. The van der Waals surface area contributed by atoms with Crippen molar-refractivity contribution in [2.45, 2.75) is 0 Å². The summed E-state index contributed by atoms with van der Waals surface area (Å²) < 4.78 is -0.171. The second-order valence-corrected chi connectivity index (χ2v) is 11.0. The molecule has 0 aromatic rings. The van der Waals surface area contributed by atoms with Crippen molar-refractivity contribution in [3.8, 4) is 0 Å². The fourth-order valence-corrected chi connectivity index (χ4v) is 0.563. The Morgan fingerprint density at radius 3 is 2.00 bits per heavy atom. The summed E-state index contributed by atoms with van der Waals surface area (Å²) in [5.41, 5.74) is 0. The zero-order valence-corrected chi connectivity index (χ0v) is 7.96. The topological polar surface area (TPSA) is 0 Å². The van der Waals surface area contributed by atoms with Crippen LogP contribution in [0.1, 0.15) is 0 Å². The van der Waals surface area contributed by atoms with E-state index in [9.17, 15) is 0 Å². The fraction of sp³-hybridized carbons (Fsp3) is 0. The summed E-state index contributed by atoms with van der Waals surface area (Å²) in [5, 5.41) is 1.63. The Labute approximate surface area is 65.9 Å². The van der Waals surface area contributed by atoms with Crippen LogP contribution in [0.5, 0.6) is 0 Å². The average molecular weight is 308 g/mol. The van der Waals surface area contributed by atoms with Gasteiger partial charge < -0.3 is 0 Å². The molecule has 0 spiro atoms. The van der Waals surface area contributed by atoms with Gasteiger partial charge in [-0.25, -0.2) is 0 Å². The Balaban J connectivity index is 3.14. The van der Waals surface area contributed by atoms with E-state index in [2.05, 4.69) is 18.6 Å². The van der Waals surface area contributed by atoms with E-state index in [0.717, 1.165) is 0 Å². The molecule has 7 radical (unpaired) electrons. The summed E-state index contributed by atoms with van der Waals surface area (Å²) in [7, 11) is 15.7. The van der Waals surface area contributed by atoms with Gasteiger partial charge in [0.15, 0.2) is 0 Å². The van der Waals surface area contributed by atoms with Gasteiger partial charge in [0.05, 0.1) is 0 Å². The molecule has 0 bridgehead atoms. The van der Waals surface area contributed by atoms with Crippen molar-refractivity contribution in [2.75, 3.05) is 0 Å². The molecule has 0 heterocycles. The molecule has 0 fully saturated rings. The van der Waals surface area contributed by atoms with Crippen LogP contribution in [-0.2, 0) is 0 Å². The van der Waals surface area contributed by atoms with Crippen molar-refractivity contribution < 1.29 is 0 Å². The van der Waals surface area contributed by atoms with Crippen LogP contribution in [-0.4, -0.2) is 32.6 Å². The van der Waals surface area contributed by atoms with Crippen molar-refractivity contribution in [3.05, 3.63) is 0 Å². The molecule has 29 valence electrons. The Morgan fingerprint density at radius 2 is 2.00 bits per heavy atom. The Hall–Kier alpha value is 1.78. The first-order chi connectivity index (χ1) is 3.18. The number of halogens is 2. The third kappa shape index (κ3) is 4.30. The molecule has 0 aliphatic rings. The molecule has 0 aliphatic heterocycles. The van der Waals surface area contributed by atoms with Gasteiger partial charge in [0.25, 0.3) is 0 Å². The van der Waals surface area contributed by atoms with E-state index in [4.69, 9.17) is 23.2 Å². The van der Waals surface area contributed by atoms with Crippen LogP contribution in [0.25, 0.3) is 0 Å². The Kier molecular flexibility index (Phi) is 5.83. The summed E-state index contributed by atoms with van der Waals surface area (Å²) in [5.74, 6) is 0. The van der Waals surface area contributed by atoms with Gasteiger partial charge in [-0.3, -0.25) is 0 Å². The molecule has 0 aromatic heterocycles. The van der Waals surface area contributed by atoms with Crippen molar-refractivity contribution in [2.24, 2.45) is 0 Å². The van der Waals surface area contributed by atoms with E-state index in [1.807, 2.05) is 0 Å². The summed E-state index contributed by atoms with van der Waals surface area (Å²) in [4.78, 5) is 0. The minimum atomic E-state index is -1.22. The summed E-state index contributed by atoms with van der Waals surface area (Å²) in [6.07, 6.45) is 0. The van der Waals surface area contributed by atoms with E-state index < -0.39 is 15.4 Å². The van der Waals surface area contributed by atoms with E-state index in [1.165, 1.54) is 0 Å². The van der Waals surface area contributed by atoms with Gasteiger partial charge in [-0.15, -0.1) is 0 Å².